The molecular formula is C52H66N5O9PSi. The average molecular weight is 964 g/mol. The van der Waals surface area contributed by atoms with Gasteiger partial charge in [0.2, 0.25) is 0 Å². The molecule has 14 nitrogen and oxygen atoms in total. The molecule has 1 aliphatic heterocycles. The van der Waals surface area contributed by atoms with Gasteiger partial charge in [-0.2, -0.15) is 10.2 Å². The van der Waals surface area contributed by atoms with Gasteiger partial charge in [-0.05, 0) is 105 Å². The zero-order chi connectivity index (χ0) is 49.2. The van der Waals surface area contributed by atoms with Crippen LogP contribution in [0.4, 0.5) is 5.82 Å². The standard InChI is InChI=1S/C52H66N5O9PSi/c1-36(2)57(37(3)4)67(62-34-18-32-53)63-35-44-46(65-52(39-21-16-13-17-22-39,40-23-27-42(60-8)28-24-40)41-25-29-43(61-9)30-26-41)47(66-68(10,11)51(5,6)7)49(64-44)56-33-31-45(55-50(56)59)54-48(58)38-19-14-12-15-20-38/h12-17,19-31,33,36-37,44,46-47,49H,18,34-35H2,1-11H3,(H,54,55,58,59)/t44-,46-,47-,49-,67?/m1/s1. The van der Waals surface area contributed by atoms with E-state index >= 15 is 0 Å². The molecule has 16 heteroatoms. The summed E-state index contributed by atoms with van der Waals surface area (Å²) in [4.78, 5) is 31.9. The number of amides is 1. The van der Waals surface area contributed by atoms with Gasteiger partial charge >= 0.3 is 5.69 Å². The van der Waals surface area contributed by atoms with Gasteiger partial charge < -0.3 is 37.7 Å². The van der Waals surface area contributed by atoms with Gasteiger partial charge in [-0.15, -0.1) is 0 Å². The number of aromatic nitrogens is 2. The van der Waals surface area contributed by atoms with Crippen molar-refractivity contribution in [3.05, 3.63) is 154 Å². The number of nitrogens with zero attached hydrogens (tertiary/aromatic N) is 4. The predicted molar refractivity (Wildman–Crippen MR) is 267 cm³/mol. The first-order chi connectivity index (χ1) is 32.4. The van der Waals surface area contributed by atoms with Crippen LogP contribution in [0.15, 0.2) is 126 Å². The lowest BCUT2D eigenvalue weighted by atomic mass is 9.79. The molecule has 1 unspecified atom stereocenters. The molecular weight excluding hydrogens is 898 g/mol. The molecule has 0 aliphatic carbocycles. The normalized spacial score (nSPS) is 18.1. The van der Waals surface area contributed by atoms with E-state index in [0.717, 1.165) is 16.7 Å². The Morgan fingerprint density at radius 1 is 0.824 bits per heavy atom. The largest absolute Gasteiger partial charge is 0.497 e. The monoisotopic (exact) mass is 963 g/mol. The van der Waals surface area contributed by atoms with Crippen LogP contribution >= 0.6 is 8.53 Å². The van der Waals surface area contributed by atoms with E-state index in [9.17, 15) is 14.9 Å². The summed E-state index contributed by atoms with van der Waals surface area (Å²) in [5, 5.41) is 12.0. The van der Waals surface area contributed by atoms with Crippen LogP contribution in [0, 0.1) is 11.3 Å². The zero-order valence-electron chi connectivity index (χ0n) is 41.0. The van der Waals surface area contributed by atoms with Crippen LogP contribution in [0.5, 0.6) is 11.5 Å². The number of ether oxygens (including phenoxy) is 4. The summed E-state index contributed by atoms with van der Waals surface area (Å²) < 4.78 is 50.6. The van der Waals surface area contributed by atoms with Crippen molar-refractivity contribution in [2.45, 2.75) is 115 Å². The maximum Gasteiger partial charge on any atom is 0.351 e. The van der Waals surface area contributed by atoms with E-state index in [1.165, 1.54) is 4.57 Å². The van der Waals surface area contributed by atoms with Gasteiger partial charge in [-0.3, -0.25) is 9.36 Å². The number of carbonyl (C=O) groups excluding carboxylic acids is 1. The molecule has 5 aromatic rings. The minimum Gasteiger partial charge on any atom is -0.497 e. The molecule has 4 aromatic carbocycles. The Kier molecular flexibility index (Phi) is 17.5. The Labute approximate surface area is 403 Å². The Morgan fingerprint density at radius 3 is 1.87 bits per heavy atom. The Balaban J connectivity index is 1.57. The summed E-state index contributed by atoms with van der Waals surface area (Å²) in [7, 11) is -1.21. The third kappa shape index (κ3) is 11.9. The molecule has 1 aromatic heterocycles. The van der Waals surface area contributed by atoms with Gasteiger partial charge in [0.05, 0.1) is 39.9 Å². The minimum atomic E-state index is -2.74. The molecule has 0 saturated carbocycles. The molecule has 6 rings (SSSR count). The van der Waals surface area contributed by atoms with Gasteiger partial charge in [0.25, 0.3) is 14.4 Å². The van der Waals surface area contributed by atoms with E-state index in [4.69, 9.17) is 32.4 Å². The second kappa shape index (κ2) is 22.9. The number of carbonyl (C=O) groups is 1. The lowest BCUT2D eigenvalue weighted by molar-refractivity contribution is -0.109. The number of nitriles is 1. The fourth-order valence-corrected chi connectivity index (χ4v) is 10.9. The third-order valence-corrected chi connectivity index (χ3v) is 19.0. The second-order valence-corrected chi connectivity index (χ2v) is 24.9. The van der Waals surface area contributed by atoms with E-state index in [0.29, 0.717) is 17.1 Å². The molecule has 1 saturated heterocycles. The van der Waals surface area contributed by atoms with Crippen LogP contribution in [0.3, 0.4) is 0 Å². The summed E-state index contributed by atoms with van der Waals surface area (Å²) in [5.74, 6) is 1.01. The summed E-state index contributed by atoms with van der Waals surface area (Å²) in [5.41, 5.74) is 0.806. The number of nitrogens with one attached hydrogen (secondary N) is 1. The van der Waals surface area contributed by atoms with Crippen LogP contribution in [0.25, 0.3) is 0 Å². The lowest BCUT2D eigenvalue weighted by Crippen LogP contribution is -2.52. The Hall–Kier alpha value is -5.27. The van der Waals surface area contributed by atoms with Crippen molar-refractivity contribution in [3.8, 4) is 17.6 Å². The Bertz CT molecular complexity index is 2440. The molecule has 1 N–H and O–H groups in total. The van der Waals surface area contributed by atoms with E-state index < -0.39 is 58.6 Å². The van der Waals surface area contributed by atoms with Gasteiger partial charge in [0.1, 0.15) is 41.2 Å². The van der Waals surface area contributed by atoms with Crippen molar-refractivity contribution < 1.29 is 37.2 Å². The number of methoxy groups -OCH3 is 2. The summed E-state index contributed by atoms with van der Waals surface area (Å²) in [6, 6.07) is 38.0. The number of anilines is 1. The van der Waals surface area contributed by atoms with Crippen molar-refractivity contribution in [3.63, 3.8) is 0 Å². The quantitative estimate of drug-likeness (QED) is 0.0322. The molecule has 362 valence electrons. The van der Waals surface area contributed by atoms with Crippen molar-refractivity contribution in [1.82, 2.24) is 14.2 Å². The molecule has 2 heterocycles. The van der Waals surface area contributed by atoms with Crippen molar-refractivity contribution in [2.75, 3.05) is 32.8 Å². The Morgan fingerprint density at radius 2 is 1.37 bits per heavy atom. The highest BCUT2D eigenvalue weighted by Gasteiger charge is 2.55. The van der Waals surface area contributed by atoms with Crippen LogP contribution in [-0.2, 0) is 28.5 Å². The number of hydrogen-bond acceptors (Lipinski definition) is 12. The summed E-state index contributed by atoms with van der Waals surface area (Å²) in [6.45, 7) is 19.2. The predicted octanol–water partition coefficient (Wildman–Crippen LogP) is 10.5. The van der Waals surface area contributed by atoms with Gasteiger partial charge in [-0.1, -0.05) is 93.6 Å². The van der Waals surface area contributed by atoms with E-state index in [-0.39, 0.29) is 42.6 Å². The summed E-state index contributed by atoms with van der Waals surface area (Å²) >= 11 is 0. The topological polar surface area (TPSA) is 156 Å². The first-order valence-corrected chi connectivity index (χ1v) is 27.0. The van der Waals surface area contributed by atoms with Crippen molar-refractivity contribution >= 4 is 28.6 Å². The molecule has 0 bridgehead atoms. The van der Waals surface area contributed by atoms with Crippen molar-refractivity contribution in [1.29, 1.82) is 5.26 Å². The van der Waals surface area contributed by atoms with E-state index in [2.05, 4.69) is 82.6 Å². The highest BCUT2D eigenvalue weighted by Crippen LogP contribution is 2.51. The SMILES string of the molecule is COc1ccc(C(O[C@H]2[C@@H](O[Si](C)(C)C(C)(C)C)[C@H](n3ccc(NC(=O)c4ccccc4)nc3=O)O[C@@H]2COP(OCCC#N)N(C(C)C)C(C)C)(c2ccccc2)c2ccc(OC)cc2)cc1. The molecule has 0 spiro atoms. The zero-order valence-corrected chi connectivity index (χ0v) is 42.9. The van der Waals surface area contributed by atoms with Gasteiger partial charge in [0, 0.05) is 23.8 Å². The molecule has 5 atom stereocenters. The molecule has 1 fully saturated rings. The number of rotatable bonds is 21. The smallest absolute Gasteiger partial charge is 0.351 e. The van der Waals surface area contributed by atoms with E-state index in [1.54, 1.807) is 50.7 Å². The van der Waals surface area contributed by atoms with Gasteiger partial charge in [0.15, 0.2) is 14.5 Å². The first-order valence-electron chi connectivity index (χ1n) is 23.0. The maximum atomic E-state index is 14.4. The highest BCUT2D eigenvalue weighted by atomic mass is 31.2. The molecule has 1 amide bonds. The fraction of sp³-hybridized carbons (Fsp3) is 0.423. The van der Waals surface area contributed by atoms with Crippen molar-refractivity contribution in [2.24, 2.45) is 0 Å². The molecule has 1 aliphatic rings. The van der Waals surface area contributed by atoms with Crippen LogP contribution in [-0.4, -0.2) is 86.3 Å². The van der Waals surface area contributed by atoms with E-state index in [1.807, 2.05) is 84.9 Å². The number of benzene rings is 4. The van der Waals surface area contributed by atoms with Crippen LogP contribution in [0.1, 0.15) is 88.2 Å². The fourth-order valence-electron chi connectivity index (χ4n) is 7.99. The van der Waals surface area contributed by atoms with Gasteiger partial charge in [-0.25, -0.2) is 9.46 Å². The van der Waals surface area contributed by atoms with Crippen LogP contribution in [0.2, 0.25) is 18.1 Å². The van der Waals surface area contributed by atoms with Crippen LogP contribution < -0.4 is 20.5 Å². The first kappa shape index (κ1) is 52.1. The maximum absolute atomic E-state index is 14.4. The average Bonchev–Trinajstić information content (AvgIpc) is 3.64. The third-order valence-electron chi connectivity index (χ3n) is 12.4. The highest BCUT2D eigenvalue weighted by molar-refractivity contribution is 7.44. The summed E-state index contributed by atoms with van der Waals surface area (Å²) in [6.07, 6.45) is -2.08. The number of hydrogen-bond donors (Lipinski definition) is 1. The minimum absolute atomic E-state index is 0.0311. The molecule has 68 heavy (non-hydrogen) atoms. The second-order valence-electron chi connectivity index (χ2n) is 18.7. The molecule has 0 radical (unpaired) electrons. The lowest BCUT2D eigenvalue weighted by Gasteiger charge is -2.44.